The minimum absolute atomic E-state index is 0.0121. The summed E-state index contributed by atoms with van der Waals surface area (Å²) in [6, 6.07) is 15.5. The highest BCUT2D eigenvalue weighted by atomic mass is 16.2. The molecule has 2 aromatic carbocycles. The lowest BCUT2D eigenvalue weighted by atomic mass is 9.99. The lowest BCUT2D eigenvalue weighted by Crippen LogP contribution is -2.40. The highest BCUT2D eigenvalue weighted by Gasteiger charge is 2.23. The van der Waals surface area contributed by atoms with E-state index in [0.717, 1.165) is 36.4 Å². The zero-order chi connectivity index (χ0) is 21.7. The number of carbonyl (C=O) groups excluding carboxylic acids is 2. The molecule has 1 atom stereocenters. The highest BCUT2D eigenvalue weighted by Crippen LogP contribution is 2.22. The maximum atomic E-state index is 12.9. The van der Waals surface area contributed by atoms with Crippen molar-refractivity contribution in [2.24, 2.45) is 5.92 Å². The van der Waals surface area contributed by atoms with Gasteiger partial charge in [0, 0.05) is 36.1 Å². The average molecular weight is 408 g/mol. The molecule has 1 aliphatic heterocycles. The number of nitrogens with one attached hydrogen (secondary N) is 1. The summed E-state index contributed by atoms with van der Waals surface area (Å²) in [5, 5.41) is 3.25. The molecular weight excluding hydrogens is 374 g/mol. The molecule has 1 N–H and O–H groups in total. The van der Waals surface area contributed by atoms with Gasteiger partial charge < -0.3 is 15.1 Å². The predicted molar refractivity (Wildman–Crippen MR) is 123 cm³/mol. The Hall–Kier alpha value is -2.82. The van der Waals surface area contributed by atoms with Crippen molar-refractivity contribution in [3.63, 3.8) is 0 Å². The van der Waals surface area contributed by atoms with E-state index in [9.17, 15) is 9.59 Å². The van der Waals surface area contributed by atoms with Crippen LogP contribution < -0.4 is 10.2 Å². The summed E-state index contributed by atoms with van der Waals surface area (Å²) in [6.45, 7) is 10.1. The molecule has 160 valence electrons. The number of benzene rings is 2. The number of hydrogen-bond acceptors (Lipinski definition) is 3. The third kappa shape index (κ3) is 5.21. The third-order valence-electron chi connectivity index (χ3n) is 5.67. The van der Waals surface area contributed by atoms with Gasteiger partial charge >= 0.3 is 0 Å². The molecule has 1 fully saturated rings. The minimum atomic E-state index is 0.0121. The van der Waals surface area contributed by atoms with Gasteiger partial charge in [-0.3, -0.25) is 9.59 Å². The maximum Gasteiger partial charge on any atom is 0.253 e. The number of rotatable bonds is 6. The first-order chi connectivity index (χ1) is 14.4. The van der Waals surface area contributed by atoms with Crippen molar-refractivity contribution in [1.82, 2.24) is 4.90 Å². The Kier molecular flexibility index (Phi) is 7.14. The van der Waals surface area contributed by atoms with Gasteiger partial charge in [-0.1, -0.05) is 25.1 Å². The normalized spacial score (nSPS) is 16.4. The topological polar surface area (TPSA) is 52.7 Å². The van der Waals surface area contributed by atoms with Crippen LogP contribution in [0.25, 0.3) is 0 Å². The summed E-state index contributed by atoms with van der Waals surface area (Å²) in [6.07, 6.45) is 2.26. The number of hydrogen-bond donors (Lipinski definition) is 1. The van der Waals surface area contributed by atoms with Gasteiger partial charge in [0.2, 0.25) is 5.91 Å². The van der Waals surface area contributed by atoms with Gasteiger partial charge in [-0.05, 0) is 75.4 Å². The van der Waals surface area contributed by atoms with Gasteiger partial charge in [-0.2, -0.15) is 0 Å². The molecule has 2 amide bonds. The van der Waals surface area contributed by atoms with Crippen LogP contribution in [0.4, 0.5) is 11.4 Å². The van der Waals surface area contributed by atoms with Crippen LogP contribution in [0.3, 0.4) is 0 Å². The van der Waals surface area contributed by atoms with Gasteiger partial charge in [-0.25, -0.2) is 0 Å². The Bertz CT molecular complexity index is 879. The molecule has 0 radical (unpaired) electrons. The van der Waals surface area contributed by atoms with Crippen molar-refractivity contribution in [2.75, 3.05) is 29.9 Å². The summed E-state index contributed by atoms with van der Waals surface area (Å²) in [7, 11) is 0. The Balaban J connectivity index is 1.65. The zero-order valence-corrected chi connectivity index (χ0v) is 18.5. The first-order valence-corrected chi connectivity index (χ1v) is 10.9. The van der Waals surface area contributed by atoms with E-state index in [0.29, 0.717) is 11.5 Å². The quantitative estimate of drug-likeness (QED) is 0.754. The van der Waals surface area contributed by atoms with E-state index >= 15 is 0 Å². The van der Waals surface area contributed by atoms with E-state index in [2.05, 4.69) is 12.2 Å². The van der Waals surface area contributed by atoms with Gasteiger partial charge in [0.1, 0.15) is 0 Å². The van der Waals surface area contributed by atoms with Crippen LogP contribution in [0.5, 0.6) is 0 Å². The van der Waals surface area contributed by atoms with Crippen LogP contribution in [-0.4, -0.2) is 42.4 Å². The van der Waals surface area contributed by atoms with Crippen LogP contribution in [0, 0.1) is 12.8 Å². The lowest BCUT2D eigenvalue weighted by molar-refractivity contribution is -0.117. The molecule has 1 heterocycles. The Morgan fingerprint density at radius 1 is 1.17 bits per heavy atom. The standard InChI is InChI=1S/C25H33N3O2/c1-18(2)28(22-10-6-5-7-11-22)24(29)16-26-23-13-12-21(15-20(23)4)25(30)27-14-8-9-19(3)17-27/h5-7,10-13,15,18-19,26H,8-9,14,16-17H2,1-4H3. The van der Waals surface area contributed by atoms with E-state index in [-0.39, 0.29) is 24.4 Å². The fourth-order valence-corrected chi connectivity index (χ4v) is 4.13. The molecule has 5 heteroatoms. The van der Waals surface area contributed by atoms with Crippen molar-refractivity contribution in [3.8, 4) is 0 Å². The monoisotopic (exact) mass is 407 g/mol. The number of para-hydroxylation sites is 1. The lowest BCUT2D eigenvalue weighted by Gasteiger charge is -2.31. The molecule has 1 aliphatic rings. The van der Waals surface area contributed by atoms with E-state index < -0.39 is 0 Å². The van der Waals surface area contributed by atoms with Crippen LogP contribution in [0.2, 0.25) is 0 Å². The van der Waals surface area contributed by atoms with E-state index in [4.69, 9.17) is 0 Å². The van der Waals surface area contributed by atoms with Gasteiger partial charge in [-0.15, -0.1) is 0 Å². The van der Waals surface area contributed by atoms with Gasteiger partial charge in [0.05, 0.1) is 6.54 Å². The Labute approximate surface area is 180 Å². The fraction of sp³-hybridized carbons (Fsp3) is 0.440. The van der Waals surface area contributed by atoms with E-state index in [1.54, 1.807) is 4.90 Å². The summed E-state index contributed by atoms with van der Waals surface area (Å²) in [5.41, 5.74) is 3.46. The number of likely N-dealkylation sites (tertiary alicyclic amines) is 1. The van der Waals surface area contributed by atoms with Crippen molar-refractivity contribution in [1.29, 1.82) is 0 Å². The molecule has 1 saturated heterocycles. The first kappa shape index (κ1) is 21.9. The van der Waals surface area contributed by atoms with E-state index in [1.165, 1.54) is 6.42 Å². The number of piperidine rings is 1. The molecule has 1 unspecified atom stereocenters. The number of carbonyl (C=O) groups is 2. The summed E-state index contributed by atoms with van der Waals surface area (Å²) < 4.78 is 0. The van der Waals surface area contributed by atoms with Gasteiger partial charge in [0.15, 0.2) is 0 Å². The number of anilines is 2. The third-order valence-corrected chi connectivity index (χ3v) is 5.67. The molecule has 0 saturated carbocycles. The second kappa shape index (κ2) is 9.79. The van der Waals surface area contributed by atoms with Crippen LogP contribution in [-0.2, 0) is 4.79 Å². The Morgan fingerprint density at radius 2 is 1.90 bits per heavy atom. The minimum Gasteiger partial charge on any atom is -0.376 e. The summed E-state index contributed by atoms with van der Waals surface area (Å²) in [5.74, 6) is 0.671. The summed E-state index contributed by atoms with van der Waals surface area (Å²) in [4.78, 5) is 29.5. The number of amides is 2. The summed E-state index contributed by atoms with van der Waals surface area (Å²) >= 11 is 0. The van der Waals surface area contributed by atoms with Crippen molar-refractivity contribution in [2.45, 2.75) is 46.6 Å². The Morgan fingerprint density at radius 3 is 2.53 bits per heavy atom. The van der Waals surface area contributed by atoms with Crippen molar-refractivity contribution in [3.05, 3.63) is 59.7 Å². The second-order valence-electron chi connectivity index (χ2n) is 8.57. The van der Waals surface area contributed by atoms with E-state index in [1.807, 2.05) is 74.2 Å². The number of aryl methyl sites for hydroxylation is 1. The van der Waals surface area contributed by atoms with Gasteiger partial charge in [0.25, 0.3) is 5.91 Å². The molecule has 2 aromatic rings. The molecule has 0 bridgehead atoms. The largest absolute Gasteiger partial charge is 0.376 e. The second-order valence-corrected chi connectivity index (χ2v) is 8.57. The zero-order valence-electron chi connectivity index (χ0n) is 18.5. The molecular formula is C25H33N3O2. The molecule has 3 rings (SSSR count). The van der Waals surface area contributed by atoms with Crippen molar-refractivity contribution >= 4 is 23.2 Å². The highest BCUT2D eigenvalue weighted by molar-refractivity contribution is 5.97. The van der Waals surface area contributed by atoms with Crippen LogP contribution in [0.1, 0.15) is 49.5 Å². The molecule has 30 heavy (non-hydrogen) atoms. The van der Waals surface area contributed by atoms with Crippen LogP contribution in [0.15, 0.2) is 48.5 Å². The smallest absolute Gasteiger partial charge is 0.253 e. The fourth-order valence-electron chi connectivity index (χ4n) is 4.13. The predicted octanol–water partition coefficient (Wildman–Crippen LogP) is 4.72. The molecule has 0 spiro atoms. The van der Waals surface area contributed by atoms with Crippen LogP contribution >= 0.6 is 0 Å². The molecule has 0 aromatic heterocycles. The van der Waals surface area contributed by atoms with Crippen molar-refractivity contribution < 1.29 is 9.59 Å². The first-order valence-electron chi connectivity index (χ1n) is 10.9. The average Bonchev–Trinajstić information content (AvgIpc) is 2.73. The number of nitrogens with zero attached hydrogens (tertiary/aromatic N) is 2. The SMILES string of the molecule is Cc1cc(C(=O)N2CCCC(C)C2)ccc1NCC(=O)N(c1ccccc1)C(C)C. The molecule has 0 aliphatic carbocycles. The molecule has 5 nitrogen and oxygen atoms in total. The maximum absolute atomic E-state index is 12.9.